The van der Waals surface area contributed by atoms with Gasteiger partial charge < -0.3 is 14.3 Å². The molecule has 0 saturated heterocycles. The van der Waals surface area contributed by atoms with Crippen molar-refractivity contribution in [2.45, 2.75) is 39.2 Å². The van der Waals surface area contributed by atoms with Gasteiger partial charge in [-0.2, -0.15) is 0 Å². The van der Waals surface area contributed by atoms with Gasteiger partial charge in [0.1, 0.15) is 11.9 Å². The van der Waals surface area contributed by atoms with Crippen LogP contribution >= 0.6 is 0 Å². The van der Waals surface area contributed by atoms with Crippen molar-refractivity contribution in [3.63, 3.8) is 0 Å². The molecule has 0 bridgehead atoms. The maximum atomic E-state index is 11.6. The highest BCUT2D eigenvalue weighted by Crippen LogP contribution is 2.16. The minimum atomic E-state index is -0.760. The van der Waals surface area contributed by atoms with Gasteiger partial charge in [0.25, 0.3) is 0 Å². The average Bonchev–Trinajstić information content (AvgIpc) is 2.14. The van der Waals surface area contributed by atoms with Gasteiger partial charge in [-0.05, 0) is 20.8 Å². The number of ether oxygens (including phenoxy) is 2. The van der Waals surface area contributed by atoms with Crippen LogP contribution in [0, 0.1) is 5.92 Å². The van der Waals surface area contributed by atoms with Crippen molar-refractivity contribution in [2.24, 2.45) is 5.92 Å². The second-order valence-corrected chi connectivity index (χ2v) is 4.41. The monoisotopic (exact) mass is 230 g/mol. The third kappa shape index (κ3) is 6.16. The predicted octanol–water partition coefficient (Wildman–Crippen LogP) is 1.10. The van der Waals surface area contributed by atoms with E-state index >= 15 is 0 Å². The Hall–Kier alpha value is -1.39. The fraction of sp³-hybridized carbons (Fsp3) is 0.727. The molecule has 5 heteroatoms. The molecule has 0 spiro atoms. The summed E-state index contributed by atoms with van der Waals surface area (Å²) >= 11 is 0. The Balaban J connectivity index is 4.46. The second kappa shape index (κ2) is 6.25. The van der Waals surface area contributed by atoms with Crippen molar-refractivity contribution in [3.05, 3.63) is 0 Å². The van der Waals surface area contributed by atoms with Crippen LogP contribution in [0.3, 0.4) is 0 Å². The van der Waals surface area contributed by atoms with Crippen molar-refractivity contribution in [1.82, 2.24) is 0 Å². The van der Waals surface area contributed by atoms with Gasteiger partial charge >= 0.3 is 11.9 Å². The van der Waals surface area contributed by atoms with Crippen molar-refractivity contribution in [1.29, 1.82) is 0 Å². The number of carbonyl (C=O) groups excluding carboxylic acids is 3. The fourth-order valence-corrected chi connectivity index (χ4v) is 1.05. The summed E-state index contributed by atoms with van der Waals surface area (Å²) in [5.74, 6) is -1.84. The van der Waals surface area contributed by atoms with E-state index in [0.717, 1.165) is 0 Å². The maximum absolute atomic E-state index is 11.6. The van der Waals surface area contributed by atoms with Crippen LogP contribution in [0.5, 0.6) is 0 Å². The van der Waals surface area contributed by atoms with Crippen LogP contribution in [-0.2, 0) is 23.9 Å². The minimum Gasteiger partial charge on any atom is -0.469 e. The Labute approximate surface area is 95.1 Å². The van der Waals surface area contributed by atoms with Crippen molar-refractivity contribution in [2.75, 3.05) is 7.11 Å². The summed E-state index contributed by atoms with van der Waals surface area (Å²) in [5, 5.41) is 0. The van der Waals surface area contributed by atoms with Crippen LogP contribution in [-0.4, -0.2) is 30.9 Å². The van der Waals surface area contributed by atoms with Gasteiger partial charge in [0.2, 0.25) is 0 Å². The van der Waals surface area contributed by atoms with Gasteiger partial charge in [0.05, 0.1) is 19.4 Å². The van der Waals surface area contributed by atoms with Crippen molar-refractivity contribution in [3.8, 4) is 0 Å². The van der Waals surface area contributed by atoms with Crippen LogP contribution < -0.4 is 0 Å². The summed E-state index contributed by atoms with van der Waals surface area (Å²) in [6, 6.07) is 0. The van der Waals surface area contributed by atoms with E-state index < -0.39 is 23.5 Å². The second-order valence-electron chi connectivity index (χ2n) is 4.41. The molecular weight excluding hydrogens is 212 g/mol. The number of hydrogen-bond acceptors (Lipinski definition) is 5. The first kappa shape index (κ1) is 14.6. The summed E-state index contributed by atoms with van der Waals surface area (Å²) in [6.07, 6.45) is 0.422. The van der Waals surface area contributed by atoms with E-state index in [1.165, 1.54) is 7.11 Å². The first-order valence-electron chi connectivity index (χ1n) is 5.03. The number of hydrogen-bond donors (Lipinski definition) is 0. The summed E-state index contributed by atoms with van der Waals surface area (Å²) in [4.78, 5) is 33.0. The molecule has 0 aromatic rings. The number of esters is 2. The molecule has 0 fully saturated rings. The molecule has 0 aliphatic rings. The summed E-state index contributed by atoms with van der Waals surface area (Å²) in [6.45, 7) is 5.17. The smallest absolute Gasteiger partial charge is 0.310 e. The van der Waals surface area contributed by atoms with Gasteiger partial charge in [0, 0.05) is 6.42 Å². The van der Waals surface area contributed by atoms with E-state index in [4.69, 9.17) is 4.74 Å². The van der Waals surface area contributed by atoms with Gasteiger partial charge in [-0.25, -0.2) is 0 Å². The zero-order valence-corrected chi connectivity index (χ0v) is 10.1. The normalized spacial score (nSPS) is 12.8. The van der Waals surface area contributed by atoms with Crippen molar-refractivity contribution >= 4 is 18.2 Å². The molecule has 1 unspecified atom stereocenters. The first-order valence-corrected chi connectivity index (χ1v) is 5.03. The highest BCUT2D eigenvalue weighted by atomic mass is 16.6. The van der Waals surface area contributed by atoms with Crippen LogP contribution in [0.2, 0.25) is 0 Å². The molecule has 5 nitrogen and oxygen atoms in total. The first-order chi connectivity index (χ1) is 7.30. The molecule has 0 saturated carbocycles. The lowest BCUT2D eigenvalue weighted by Gasteiger charge is -2.22. The number of methoxy groups -OCH3 is 1. The zero-order valence-electron chi connectivity index (χ0n) is 10.1. The molecule has 0 radical (unpaired) electrons. The Kier molecular flexibility index (Phi) is 5.71. The van der Waals surface area contributed by atoms with E-state index in [2.05, 4.69) is 4.74 Å². The van der Waals surface area contributed by atoms with E-state index in [9.17, 15) is 14.4 Å². The summed E-state index contributed by atoms with van der Waals surface area (Å²) < 4.78 is 9.54. The minimum absolute atomic E-state index is 0.0377. The number of aldehydes is 1. The van der Waals surface area contributed by atoms with Gasteiger partial charge in [-0.1, -0.05) is 0 Å². The van der Waals surface area contributed by atoms with E-state index in [1.54, 1.807) is 20.8 Å². The number of carbonyl (C=O) groups is 3. The molecule has 0 aliphatic carbocycles. The quantitative estimate of drug-likeness (QED) is 0.522. The molecule has 0 N–H and O–H groups in total. The highest BCUT2D eigenvalue weighted by Gasteiger charge is 2.27. The molecule has 0 aromatic heterocycles. The molecule has 0 aromatic carbocycles. The Bertz CT molecular complexity index is 264. The molecule has 0 aliphatic heterocycles. The predicted molar refractivity (Wildman–Crippen MR) is 56.6 cm³/mol. The molecule has 1 atom stereocenters. The Morgan fingerprint density at radius 2 is 1.88 bits per heavy atom. The van der Waals surface area contributed by atoms with Gasteiger partial charge in [-0.3, -0.25) is 9.59 Å². The van der Waals surface area contributed by atoms with Crippen LogP contribution in [0.25, 0.3) is 0 Å². The highest BCUT2D eigenvalue weighted by molar-refractivity contribution is 5.82. The lowest BCUT2D eigenvalue weighted by Crippen LogP contribution is -2.30. The van der Waals surface area contributed by atoms with Crippen LogP contribution in [0.4, 0.5) is 0 Å². The topological polar surface area (TPSA) is 69.7 Å². The van der Waals surface area contributed by atoms with Gasteiger partial charge in [-0.15, -0.1) is 0 Å². The molecular formula is C11H18O5. The maximum Gasteiger partial charge on any atom is 0.310 e. The number of rotatable bonds is 5. The largest absolute Gasteiger partial charge is 0.469 e. The van der Waals surface area contributed by atoms with Crippen LogP contribution in [0.15, 0.2) is 0 Å². The lowest BCUT2D eigenvalue weighted by molar-refractivity contribution is -0.163. The van der Waals surface area contributed by atoms with E-state index in [-0.39, 0.29) is 12.8 Å². The SMILES string of the molecule is COC(=O)CC(CC=O)C(=O)OC(C)(C)C. The van der Waals surface area contributed by atoms with Gasteiger partial charge in [0.15, 0.2) is 0 Å². The Morgan fingerprint density at radius 1 is 1.31 bits per heavy atom. The third-order valence-corrected chi connectivity index (χ3v) is 1.76. The lowest BCUT2D eigenvalue weighted by atomic mass is 10.0. The van der Waals surface area contributed by atoms with E-state index in [0.29, 0.717) is 6.29 Å². The molecule has 0 rings (SSSR count). The summed E-state index contributed by atoms with van der Waals surface area (Å²) in [5.41, 5.74) is -0.631. The molecule has 0 amide bonds. The molecule has 0 heterocycles. The van der Waals surface area contributed by atoms with Crippen molar-refractivity contribution < 1.29 is 23.9 Å². The average molecular weight is 230 g/mol. The Morgan fingerprint density at radius 3 is 2.25 bits per heavy atom. The zero-order chi connectivity index (χ0) is 12.8. The summed E-state index contributed by atoms with van der Waals surface area (Å²) in [7, 11) is 1.23. The molecule has 16 heavy (non-hydrogen) atoms. The third-order valence-electron chi connectivity index (χ3n) is 1.76. The fourth-order valence-electron chi connectivity index (χ4n) is 1.05. The van der Waals surface area contributed by atoms with E-state index in [1.807, 2.05) is 0 Å². The van der Waals surface area contributed by atoms with Crippen LogP contribution in [0.1, 0.15) is 33.6 Å². The standard InChI is InChI=1S/C11H18O5/c1-11(2,3)16-10(14)8(5-6-12)7-9(13)15-4/h6,8H,5,7H2,1-4H3. The molecule has 92 valence electrons.